The maximum Gasteiger partial charge on any atom is 0.257 e. The number of nitrogens with one attached hydrogen (secondary N) is 1. The minimum Gasteiger partial charge on any atom is -0.633 e. The first kappa shape index (κ1) is 21.0. The van der Waals surface area contributed by atoms with Crippen molar-refractivity contribution in [2.45, 2.75) is 0 Å². The number of piperazine rings is 1. The molecule has 0 saturated carbocycles. The van der Waals surface area contributed by atoms with Gasteiger partial charge in [0.1, 0.15) is 17.3 Å². The quantitative estimate of drug-likeness (QED) is 0.380. The summed E-state index contributed by atoms with van der Waals surface area (Å²) in [6.45, 7) is 2.21. The maximum absolute atomic E-state index is 12.9. The standard InChI is InChI=1S/C23H24N8O2/c1-29-15-20(27-28-29)16-3-4-18-14-25-21(12-19(18)11-16)26-23(32)17-5-6-24-22(13-17)30-7-9-31(2,33)10-8-30/h3-6,11-15H,7-10H2,1-2H3,(H,25,26,32). The fourth-order valence-corrected chi connectivity index (χ4v) is 3.89. The Balaban J connectivity index is 1.34. The zero-order valence-electron chi connectivity index (χ0n) is 18.5. The van der Waals surface area contributed by atoms with Crippen molar-refractivity contribution in [1.29, 1.82) is 0 Å². The summed E-state index contributed by atoms with van der Waals surface area (Å²) < 4.78 is 1.41. The number of aryl methyl sites for hydroxylation is 1. The molecule has 0 bridgehead atoms. The molecule has 168 valence electrons. The number of anilines is 2. The summed E-state index contributed by atoms with van der Waals surface area (Å²) >= 11 is 0. The third-order valence-electron chi connectivity index (χ3n) is 5.88. The highest BCUT2D eigenvalue weighted by atomic mass is 16.5. The lowest BCUT2D eigenvalue weighted by Crippen LogP contribution is -2.54. The molecule has 4 aromatic rings. The Kier molecular flexibility index (Phi) is 5.23. The predicted octanol–water partition coefficient (Wildman–Crippen LogP) is 2.44. The number of nitrogens with zero attached hydrogens (tertiary/aromatic N) is 7. The van der Waals surface area contributed by atoms with Gasteiger partial charge in [0.15, 0.2) is 0 Å². The average molecular weight is 444 g/mol. The number of carbonyl (C=O) groups is 1. The second-order valence-corrected chi connectivity index (χ2v) is 8.50. The molecule has 1 amide bonds. The van der Waals surface area contributed by atoms with E-state index in [1.54, 1.807) is 36.3 Å². The Morgan fingerprint density at radius 1 is 1.09 bits per heavy atom. The summed E-state index contributed by atoms with van der Waals surface area (Å²) in [5.41, 5.74) is 2.20. The molecule has 1 N–H and O–H groups in total. The number of amides is 1. The molecule has 10 heteroatoms. The lowest BCUT2D eigenvalue weighted by Gasteiger charge is -2.45. The number of rotatable bonds is 4. The van der Waals surface area contributed by atoms with Crippen molar-refractivity contribution in [3.05, 3.63) is 65.8 Å². The van der Waals surface area contributed by atoms with Gasteiger partial charge in [0.2, 0.25) is 0 Å². The lowest BCUT2D eigenvalue weighted by atomic mass is 10.1. The van der Waals surface area contributed by atoms with Gasteiger partial charge in [0, 0.05) is 36.0 Å². The van der Waals surface area contributed by atoms with Gasteiger partial charge in [0.25, 0.3) is 5.91 Å². The molecule has 0 unspecified atom stereocenters. The second kappa shape index (κ2) is 8.23. The van der Waals surface area contributed by atoms with Crippen LogP contribution in [-0.2, 0) is 7.05 Å². The van der Waals surface area contributed by atoms with E-state index in [9.17, 15) is 10.0 Å². The fourth-order valence-electron chi connectivity index (χ4n) is 3.89. The first-order valence-corrected chi connectivity index (χ1v) is 10.7. The second-order valence-electron chi connectivity index (χ2n) is 8.50. The molecule has 4 heterocycles. The van der Waals surface area contributed by atoms with Crippen LogP contribution in [0.15, 0.2) is 55.0 Å². The molecule has 1 fully saturated rings. The first-order valence-electron chi connectivity index (χ1n) is 10.7. The van der Waals surface area contributed by atoms with Crippen LogP contribution < -0.4 is 10.2 Å². The van der Waals surface area contributed by atoms with Crippen LogP contribution in [0.25, 0.3) is 22.0 Å². The van der Waals surface area contributed by atoms with Gasteiger partial charge in [0.05, 0.1) is 39.4 Å². The van der Waals surface area contributed by atoms with Gasteiger partial charge in [-0.3, -0.25) is 9.48 Å². The number of hydrogen-bond donors (Lipinski definition) is 1. The number of quaternary nitrogens is 1. The Morgan fingerprint density at radius 3 is 2.67 bits per heavy atom. The highest BCUT2D eigenvalue weighted by Gasteiger charge is 2.23. The number of hydroxylamine groups is 3. The van der Waals surface area contributed by atoms with Gasteiger partial charge >= 0.3 is 0 Å². The average Bonchev–Trinajstić information content (AvgIpc) is 3.25. The third-order valence-corrected chi connectivity index (χ3v) is 5.88. The topological polar surface area (TPSA) is 112 Å². The number of hydrogen-bond acceptors (Lipinski definition) is 7. The Bertz CT molecular complexity index is 1320. The van der Waals surface area contributed by atoms with E-state index in [1.165, 1.54) is 0 Å². The highest BCUT2D eigenvalue weighted by molar-refractivity contribution is 6.05. The molecule has 3 aromatic heterocycles. The van der Waals surface area contributed by atoms with E-state index in [2.05, 4.69) is 25.6 Å². The van der Waals surface area contributed by atoms with E-state index >= 15 is 0 Å². The third kappa shape index (κ3) is 4.52. The molecule has 33 heavy (non-hydrogen) atoms. The predicted molar refractivity (Wildman–Crippen MR) is 125 cm³/mol. The van der Waals surface area contributed by atoms with Crippen molar-refractivity contribution in [2.24, 2.45) is 7.05 Å². The van der Waals surface area contributed by atoms with E-state index in [-0.39, 0.29) is 10.6 Å². The zero-order valence-corrected chi connectivity index (χ0v) is 18.5. The summed E-state index contributed by atoms with van der Waals surface area (Å²) in [4.78, 5) is 23.7. The summed E-state index contributed by atoms with van der Waals surface area (Å²) in [5, 5.41) is 25.0. The van der Waals surface area contributed by atoms with Gasteiger partial charge < -0.3 is 20.1 Å². The SMILES string of the molecule is Cn1cc(-c2ccc3cnc(NC(=O)c4ccnc(N5CC[N+](C)([O-])CC5)c4)cc3c2)nn1. The summed E-state index contributed by atoms with van der Waals surface area (Å²) in [7, 11) is 3.51. The number of pyridine rings is 2. The molecule has 1 aliphatic heterocycles. The molecule has 1 aliphatic rings. The van der Waals surface area contributed by atoms with Gasteiger partial charge in [-0.1, -0.05) is 17.3 Å². The van der Waals surface area contributed by atoms with Gasteiger partial charge in [-0.05, 0) is 29.7 Å². The van der Waals surface area contributed by atoms with Crippen molar-refractivity contribution < 1.29 is 9.44 Å². The summed E-state index contributed by atoms with van der Waals surface area (Å²) in [6, 6.07) is 11.2. The fraction of sp³-hybridized carbons (Fsp3) is 0.261. The van der Waals surface area contributed by atoms with Crippen LogP contribution in [0.4, 0.5) is 11.6 Å². The lowest BCUT2D eigenvalue weighted by molar-refractivity contribution is -0.861. The summed E-state index contributed by atoms with van der Waals surface area (Å²) in [6.07, 6.45) is 5.20. The molecular formula is C23H24N8O2. The van der Waals surface area contributed by atoms with E-state index in [0.717, 1.165) is 22.0 Å². The molecule has 1 saturated heterocycles. The van der Waals surface area contributed by atoms with Crippen LogP contribution in [0, 0.1) is 5.21 Å². The van der Waals surface area contributed by atoms with Crippen molar-refractivity contribution in [3.63, 3.8) is 0 Å². The van der Waals surface area contributed by atoms with Gasteiger partial charge in [-0.2, -0.15) is 0 Å². The van der Waals surface area contributed by atoms with Crippen LogP contribution in [0.2, 0.25) is 0 Å². The number of likely N-dealkylation sites (N-methyl/N-ethyl adjacent to an activating group) is 1. The van der Waals surface area contributed by atoms with Crippen LogP contribution in [-0.4, -0.2) is 68.7 Å². The largest absolute Gasteiger partial charge is 0.633 e. The minimum atomic E-state index is -0.267. The molecular weight excluding hydrogens is 420 g/mol. The number of benzene rings is 1. The molecule has 5 rings (SSSR count). The van der Waals surface area contributed by atoms with Crippen LogP contribution >= 0.6 is 0 Å². The van der Waals surface area contributed by atoms with Gasteiger partial charge in [-0.15, -0.1) is 5.10 Å². The molecule has 0 spiro atoms. The van der Waals surface area contributed by atoms with Crippen molar-refractivity contribution in [1.82, 2.24) is 25.0 Å². The Morgan fingerprint density at radius 2 is 1.91 bits per heavy atom. The minimum absolute atomic E-state index is 0.247. The van der Waals surface area contributed by atoms with E-state index in [0.29, 0.717) is 43.4 Å². The zero-order chi connectivity index (χ0) is 23.0. The number of fused-ring (bicyclic) bond motifs is 1. The molecule has 0 aliphatic carbocycles. The van der Waals surface area contributed by atoms with Crippen LogP contribution in [0.5, 0.6) is 0 Å². The molecule has 0 radical (unpaired) electrons. The maximum atomic E-state index is 12.9. The number of carbonyl (C=O) groups excluding carboxylic acids is 1. The first-order chi connectivity index (χ1) is 15.9. The summed E-state index contributed by atoms with van der Waals surface area (Å²) in [5.74, 6) is 0.888. The molecule has 10 nitrogen and oxygen atoms in total. The van der Waals surface area contributed by atoms with E-state index in [4.69, 9.17) is 0 Å². The smallest absolute Gasteiger partial charge is 0.257 e. The van der Waals surface area contributed by atoms with E-state index < -0.39 is 0 Å². The molecule has 1 aromatic carbocycles. The van der Waals surface area contributed by atoms with Crippen molar-refractivity contribution >= 4 is 28.3 Å². The normalized spacial score (nSPS) is 15.5. The van der Waals surface area contributed by atoms with Crippen molar-refractivity contribution in [3.8, 4) is 11.3 Å². The van der Waals surface area contributed by atoms with E-state index in [1.807, 2.05) is 42.4 Å². The number of aromatic nitrogens is 5. The van der Waals surface area contributed by atoms with Gasteiger partial charge in [-0.25, -0.2) is 9.97 Å². The molecule has 0 atom stereocenters. The van der Waals surface area contributed by atoms with Crippen LogP contribution in [0.3, 0.4) is 0 Å². The Labute approximate surface area is 190 Å². The highest BCUT2D eigenvalue weighted by Crippen LogP contribution is 2.24. The Hall–Kier alpha value is -3.89. The monoisotopic (exact) mass is 444 g/mol. The van der Waals surface area contributed by atoms with Crippen LogP contribution in [0.1, 0.15) is 10.4 Å². The van der Waals surface area contributed by atoms with Crippen molar-refractivity contribution in [2.75, 3.05) is 43.4 Å².